The van der Waals surface area contributed by atoms with Crippen molar-refractivity contribution in [3.05, 3.63) is 41.0 Å². The van der Waals surface area contributed by atoms with E-state index in [-0.39, 0.29) is 11.9 Å². The van der Waals surface area contributed by atoms with Crippen LogP contribution < -0.4 is 5.32 Å². The third-order valence-corrected chi connectivity index (χ3v) is 3.10. The number of aromatic amines is 1. The number of hydrogen-bond donors (Lipinski definition) is 2. The van der Waals surface area contributed by atoms with E-state index in [0.29, 0.717) is 23.0 Å². The second-order valence-corrected chi connectivity index (χ2v) is 4.88. The van der Waals surface area contributed by atoms with Crippen molar-refractivity contribution in [1.82, 2.24) is 15.5 Å². The summed E-state index contributed by atoms with van der Waals surface area (Å²) in [6.07, 6.45) is 0. The summed E-state index contributed by atoms with van der Waals surface area (Å²) in [4.78, 5) is 12.0. The summed E-state index contributed by atoms with van der Waals surface area (Å²) >= 11 is 6.10. The number of benzene rings is 1. The molecule has 0 radical (unpaired) electrons. The Balaban J connectivity index is 2.13. The van der Waals surface area contributed by atoms with Gasteiger partial charge < -0.3 is 10.1 Å². The van der Waals surface area contributed by atoms with Gasteiger partial charge in [-0.1, -0.05) is 29.8 Å². The minimum absolute atomic E-state index is 0.0698. The Labute approximate surface area is 122 Å². The Morgan fingerprint density at radius 1 is 1.50 bits per heavy atom. The van der Waals surface area contributed by atoms with Gasteiger partial charge in [0.15, 0.2) is 0 Å². The number of methoxy groups -OCH3 is 1. The predicted octanol–water partition coefficient (Wildman–Crippen LogP) is 2.49. The molecule has 0 bridgehead atoms. The first-order valence-corrected chi connectivity index (χ1v) is 6.59. The lowest BCUT2D eigenvalue weighted by Crippen LogP contribution is -2.35. The fourth-order valence-electron chi connectivity index (χ4n) is 1.84. The Morgan fingerprint density at radius 2 is 2.25 bits per heavy atom. The second-order valence-electron chi connectivity index (χ2n) is 4.48. The lowest BCUT2D eigenvalue weighted by Gasteiger charge is -2.11. The van der Waals surface area contributed by atoms with E-state index in [1.165, 1.54) is 0 Å². The average molecular weight is 294 g/mol. The van der Waals surface area contributed by atoms with Gasteiger partial charge in [-0.2, -0.15) is 5.10 Å². The van der Waals surface area contributed by atoms with Gasteiger partial charge >= 0.3 is 0 Å². The SMILES string of the molecule is COC[C@H](C)NC(=O)c1cc(-c2ccccc2Cl)n[nH]1. The monoisotopic (exact) mass is 293 g/mol. The summed E-state index contributed by atoms with van der Waals surface area (Å²) < 4.78 is 4.97. The van der Waals surface area contributed by atoms with Crippen LogP contribution in [0, 0.1) is 0 Å². The summed E-state index contributed by atoms with van der Waals surface area (Å²) in [5.41, 5.74) is 1.82. The van der Waals surface area contributed by atoms with Gasteiger partial charge in [-0.25, -0.2) is 0 Å². The smallest absolute Gasteiger partial charge is 0.269 e. The van der Waals surface area contributed by atoms with Crippen molar-refractivity contribution in [2.75, 3.05) is 13.7 Å². The van der Waals surface area contributed by atoms with Crippen molar-refractivity contribution in [3.8, 4) is 11.3 Å². The van der Waals surface area contributed by atoms with Crippen LogP contribution in [-0.2, 0) is 4.74 Å². The maximum Gasteiger partial charge on any atom is 0.269 e. The molecule has 0 aliphatic rings. The second kappa shape index (κ2) is 6.54. The van der Waals surface area contributed by atoms with Crippen LogP contribution in [0.1, 0.15) is 17.4 Å². The summed E-state index contributed by atoms with van der Waals surface area (Å²) in [5, 5.41) is 10.2. The number of carbonyl (C=O) groups is 1. The minimum Gasteiger partial charge on any atom is -0.383 e. The van der Waals surface area contributed by atoms with E-state index >= 15 is 0 Å². The van der Waals surface area contributed by atoms with Crippen molar-refractivity contribution in [2.24, 2.45) is 0 Å². The zero-order valence-corrected chi connectivity index (χ0v) is 12.1. The molecule has 0 unspecified atom stereocenters. The standard InChI is InChI=1S/C14H16ClN3O2/c1-9(8-20-2)16-14(19)13-7-12(17-18-13)10-5-3-4-6-11(10)15/h3-7,9H,8H2,1-2H3,(H,16,19)(H,17,18)/t9-/m0/s1. The number of amides is 1. The first-order chi connectivity index (χ1) is 9.61. The molecular weight excluding hydrogens is 278 g/mol. The number of carbonyl (C=O) groups excluding carboxylic acids is 1. The van der Waals surface area contributed by atoms with Gasteiger partial charge in [-0.05, 0) is 19.1 Å². The van der Waals surface area contributed by atoms with Crippen molar-refractivity contribution in [2.45, 2.75) is 13.0 Å². The summed E-state index contributed by atoms with van der Waals surface area (Å²) in [5.74, 6) is -0.222. The Kier molecular flexibility index (Phi) is 4.76. The summed E-state index contributed by atoms with van der Waals surface area (Å²) in [6.45, 7) is 2.32. The van der Waals surface area contributed by atoms with E-state index in [2.05, 4.69) is 15.5 Å². The highest BCUT2D eigenvalue weighted by Crippen LogP contribution is 2.26. The molecule has 0 aliphatic carbocycles. The number of nitrogens with zero attached hydrogens (tertiary/aromatic N) is 1. The molecule has 0 saturated carbocycles. The molecule has 1 aromatic heterocycles. The molecule has 1 atom stereocenters. The van der Waals surface area contributed by atoms with Crippen LogP contribution in [0.25, 0.3) is 11.3 Å². The Morgan fingerprint density at radius 3 is 2.95 bits per heavy atom. The third-order valence-electron chi connectivity index (χ3n) is 2.77. The number of halogens is 1. The molecular formula is C14H16ClN3O2. The van der Waals surface area contributed by atoms with Crippen LogP contribution in [0.3, 0.4) is 0 Å². The number of nitrogens with one attached hydrogen (secondary N) is 2. The van der Waals surface area contributed by atoms with E-state index in [0.717, 1.165) is 5.56 Å². The summed E-state index contributed by atoms with van der Waals surface area (Å²) in [7, 11) is 1.59. The topological polar surface area (TPSA) is 67.0 Å². The molecule has 0 saturated heterocycles. The zero-order chi connectivity index (χ0) is 14.5. The number of hydrogen-bond acceptors (Lipinski definition) is 3. The van der Waals surface area contributed by atoms with Crippen molar-refractivity contribution in [3.63, 3.8) is 0 Å². The molecule has 2 rings (SSSR count). The minimum atomic E-state index is -0.222. The number of aromatic nitrogens is 2. The van der Waals surface area contributed by atoms with E-state index < -0.39 is 0 Å². The van der Waals surface area contributed by atoms with Crippen LogP contribution in [0.5, 0.6) is 0 Å². The highest BCUT2D eigenvalue weighted by Gasteiger charge is 2.14. The first-order valence-electron chi connectivity index (χ1n) is 6.22. The molecule has 2 aromatic rings. The normalized spacial score (nSPS) is 12.2. The van der Waals surface area contributed by atoms with Gasteiger partial charge in [0.2, 0.25) is 0 Å². The van der Waals surface area contributed by atoms with Crippen molar-refractivity contribution in [1.29, 1.82) is 0 Å². The van der Waals surface area contributed by atoms with Crippen LogP contribution in [0.4, 0.5) is 0 Å². The number of H-pyrrole nitrogens is 1. The first kappa shape index (κ1) is 14.6. The fraction of sp³-hybridized carbons (Fsp3) is 0.286. The maximum absolute atomic E-state index is 12.0. The number of rotatable bonds is 5. The van der Waals surface area contributed by atoms with Gasteiger partial charge in [0, 0.05) is 18.7 Å². The lowest BCUT2D eigenvalue weighted by atomic mass is 10.1. The molecule has 6 heteroatoms. The molecule has 1 amide bonds. The van der Waals surface area contributed by atoms with E-state index in [1.807, 2.05) is 25.1 Å². The van der Waals surface area contributed by atoms with Gasteiger partial charge in [0.05, 0.1) is 17.3 Å². The molecule has 5 nitrogen and oxygen atoms in total. The predicted molar refractivity (Wildman–Crippen MR) is 77.8 cm³/mol. The molecule has 20 heavy (non-hydrogen) atoms. The molecule has 0 aliphatic heterocycles. The van der Waals surface area contributed by atoms with Gasteiger partial charge in [-0.3, -0.25) is 9.89 Å². The van der Waals surface area contributed by atoms with Crippen molar-refractivity contribution >= 4 is 17.5 Å². The van der Waals surface area contributed by atoms with Crippen LogP contribution in [0.2, 0.25) is 5.02 Å². The van der Waals surface area contributed by atoms with Gasteiger partial charge in [0.1, 0.15) is 5.69 Å². The highest BCUT2D eigenvalue weighted by atomic mass is 35.5. The largest absolute Gasteiger partial charge is 0.383 e. The van der Waals surface area contributed by atoms with E-state index in [1.54, 1.807) is 19.2 Å². The summed E-state index contributed by atoms with van der Waals surface area (Å²) in [6, 6.07) is 8.96. The Bertz CT molecular complexity index is 598. The average Bonchev–Trinajstić information content (AvgIpc) is 2.89. The molecule has 1 heterocycles. The molecule has 1 aromatic carbocycles. The molecule has 2 N–H and O–H groups in total. The fourth-order valence-corrected chi connectivity index (χ4v) is 2.07. The van der Waals surface area contributed by atoms with Crippen LogP contribution >= 0.6 is 11.6 Å². The number of ether oxygens (including phenoxy) is 1. The third kappa shape index (κ3) is 3.37. The Hall–Kier alpha value is -1.85. The van der Waals surface area contributed by atoms with Crippen molar-refractivity contribution < 1.29 is 9.53 Å². The van der Waals surface area contributed by atoms with Gasteiger partial charge in [-0.15, -0.1) is 0 Å². The zero-order valence-electron chi connectivity index (χ0n) is 11.3. The van der Waals surface area contributed by atoms with E-state index in [4.69, 9.17) is 16.3 Å². The maximum atomic E-state index is 12.0. The highest BCUT2D eigenvalue weighted by molar-refractivity contribution is 6.33. The van der Waals surface area contributed by atoms with Crippen LogP contribution in [-0.4, -0.2) is 35.9 Å². The lowest BCUT2D eigenvalue weighted by molar-refractivity contribution is 0.0900. The van der Waals surface area contributed by atoms with Crippen LogP contribution in [0.15, 0.2) is 30.3 Å². The quantitative estimate of drug-likeness (QED) is 0.890. The molecule has 0 spiro atoms. The van der Waals surface area contributed by atoms with Gasteiger partial charge in [0.25, 0.3) is 5.91 Å². The molecule has 106 valence electrons. The van der Waals surface area contributed by atoms with E-state index in [9.17, 15) is 4.79 Å². The molecule has 0 fully saturated rings.